The molecule has 4 nitrogen and oxygen atoms in total. The summed E-state index contributed by atoms with van der Waals surface area (Å²) in [6.07, 6.45) is 6.23. The van der Waals surface area contributed by atoms with Crippen molar-refractivity contribution < 1.29 is 14.3 Å². The molecule has 0 N–H and O–H groups in total. The largest absolute Gasteiger partial charge is 0.459 e. The fourth-order valence-electron chi connectivity index (χ4n) is 5.06. The van der Waals surface area contributed by atoms with Gasteiger partial charge in [0.05, 0.1) is 11.5 Å². The molecule has 2 saturated heterocycles. The molecular weight excluding hydrogens is 278 g/mol. The molecular formula is C18H29NO3. The molecule has 0 aromatic carbocycles. The van der Waals surface area contributed by atoms with Crippen LogP contribution >= 0.6 is 0 Å². The van der Waals surface area contributed by atoms with E-state index in [2.05, 4.69) is 18.7 Å². The number of esters is 1. The maximum Gasteiger partial charge on any atom is 0.311 e. The number of carbonyl (C=O) groups is 1. The van der Waals surface area contributed by atoms with Crippen molar-refractivity contribution in [1.82, 2.24) is 4.90 Å². The minimum atomic E-state index is -0.0446. The van der Waals surface area contributed by atoms with Crippen LogP contribution in [0.2, 0.25) is 0 Å². The third-order valence-corrected chi connectivity index (χ3v) is 6.87. The molecule has 0 aromatic rings. The van der Waals surface area contributed by atoms with Gasteiger partial charge in [-0.25, -0.2) is 0 Å². The Labute approximate surface area is 133 Å². The highest BCUT2D eigenvalue weighted by Gasteiger charge is 2.64. The minimum Gasteiger partial charge on any atom is -0.459 e. The molecule has 2 heterocycles. The van der Waals surface area contributed by atoms with E-state index < -0.39 is 0 Å². The molecule has 0 spiro atoms. The molecule has 0 radical (unpaired) electrons. The Morgan fingerprint density at radius 1 is 1.23 bits per heavy atom. The van der Waals surface area contributed by atoms with Crippen molar-refractivity contribution in [3.63, 3.8) is 0 Å². The lowest BCUT2D eigenvalue weighted by molar-refractivity contribution is -0.145. The minimum absolute atomic E-state index is 0.00158. The summed E-state index contributed by atoms with van der Waals surface area (Å²) in [6, 6.07) is 0. The first-order valence-corrected chi connectivity index (χ1v) is 8.85. The van der Waals surface area contributed by atoms with Crippen molar-refractivity contribution in [2.24, 2.45) is 23.2 Å². The van der Waals surface area contributed by atoms with Crippen molar-refractivity contribution >= 4 is 5.97 Å². The third kappa shape index (κ3) is 2.30. The van der Waals surface area contributed by atoms with Gasteiger partial charge >= 0.3 is 5.97 Å². The van der Waals surface area contributed by atoms with Crippen molar-refractivity contribution in [3.05, 3.63) is 0 Å². The summed E-state index contributed by atoms with van der Waals surface area (Å²) in [5, 5.41) is 0. The molecule has 0 aromatic heterocycles. The summed E-state index contributed by atoms with van der Waals surface area (Å²) in [4.78, 5) is 14.5. The summed E-state index contributed by atoms with van der Waals surface area (Å²) in [6.45, 7) is 5.44. The molecule has 2 saturated carbocycles. The van der Waals surface area contributed by atoms with Crippen LogP contribution in [0, 0.1) is 23.2 Å². The zero-order valence-corrected chi connectivity index (χ0v) is 14.3. The van der Waals surface area contributed by atoms with Crippen LogP contribution in [0.5, 0.6) is 0 Å². The van der Waals surface area contributed by atoms with E-state index in [1.165, 1.54) is 19.3 Å². The predicted molar refractivity (Wildman–Crippen MR) is 83.4 cm³/mol. The Kier molecular flexibility index (Phi) is 3.19. The number of hydrogen-bond donors (Lipinski definition) is 0. The first-order valence-electron chi connectivity index (χ1n) is 8.85. The summed E-state index contributed by atoms with van der Waals surface area (Å²) in [5.74, 6) is 1.22. The van der Waals surface area contributed by atoms with Gasteiger partial charge in [-0.3, -0.25) is 4.79 Å². The fourth-order valence-corrected chi connectivity index (χ4v) is 5.06. The van der Waals surface area contributed by atoms with Crippen LogP contribution in [0.4, 0.5) is 0 Å². The molecule has 4 heteroatoms. The first-order chi connectivity index (χ1) is 10.3. The molecule has 124 valence electrons. The van der Waals surface area contributed by atoms with Gasteiger partial charge in [0.2, 0.25) is 0 Å². The molecule has 4 aliphatic rings. The van der Waals surface area contributed by atoms with Gasteiger partial charge in [0.1, 0.15) is 12.2 Å². The van der Waals surface area contributed by atoms with Gasteiger partial charge in [-0.05, 0) is 64.5 Å². The van der Waals surface area contributed by atoms with Gasteiger partial charge in [0, 0.05) is 12.5 Å². The average Bonchev–Trinajstić information content (AvgIpc) is 3.26. The summed E-state index contributed by atoms with van der Waals surface area (Å²) < 4.78 is 11.9. The average molecular weight is 307 g/mol. The van der Waals surface area contributed by atoms with Crippen LogP contribution in [0.3, 0.4) is 0 Å². The number of carbonyl (C=O) groups excluding carboxylic acids is 1. The standard InChI is InChI=1S/C18H29NO3/c1-17-7-6-12-13(10-19(3)4)16(20)21-14(12)15-18(2,22-15)8-5-11(17)9-17/h11-15H,5-10H2,1-4H3/t11-,12?,13?,14-,15?,17-,18+/m0/s1. The van der Waals surface area contributed by atoms with Crippen molar-refractivity contribution in [2.75, 3.05) is 20.6 Å². The Hall–Kier alpha value is -0.610. The van der Waals surface area contributed by atoms with Gasteiger partial charge < -0.3 is 14.4 Å². The van der Waals surface area contributed by atoms with Gasteiger partial charge in [-0.2, -0.15) is 0 Å². The number of fused-ring (bicyclic) bond motifs is 4. The number of rotatable bonds is 2. The van der Waals surface area contributed by atoms with Crippen LogP contribution in [0.15, 0.2) is 0 Å². The van der Waals surface area contributed by atoms with E-state index in [9.17, 15) is 4.79 Å². The smallest absolute Gasteiger partial charge is 0.311 e. The highest BCUT2D eigenvalue weighted by atomic mass is 16.6. The van der Waals surface area contributed by atoms with Crippen molar-refractivity contribution in [3.8, 4) is 0 Å². The second-order valence-electron chi connectivity index (χ2n) is 8.92. The fraction of sp³-hybridized carbons (Fsp3) is 0.944. The van der Waals surface area contributed by atoms with Gasteiger partial charge in [0.25, 0.3) is 0 Å². The highest BCUT2D eigenvalue weighted by Crippen LogP contribution is 2.62. The van der Waals surface area contributed by atoms with E-state index in [1.807, 2.05) is 14.1 Å². The Bertz CT molecular complexity index is 493. The molecule has 0 amide bonds. The lowest BCUT2D eigenvalue weighted by atomic mass is 9.78. The maximum atomic E-state index is 12.4. The van der Waals surface area contributed by atoms with Crippen LogP contribution < -0.4 is 0 Å². The van der Waals surface area contributed by atoms with Crippen LogP contribution in [0.1, 0.15) is 46.0 Å². The maximum absolute atomic E-state index is 12.4. The summed E-state index contributed by atoms with van der Waals surface area (Å²) in [5.41, 5.74) is 0.466. The predicted octanol–water partition coefficient (Wildman–Crippen LogP) is 2.46. The second kappa shape index (κ2) is 4.70. The van der Waals surface area contributed by atoms with Crippen molar-refractivity contribution in [2.45, 2.75) is 63.8 Å². The molecule has 7 atom stereocenters. The summed E-state index contributed by atoms with van der Waals surface area (Å²) in [7, 11) is 4.08. The van der Waals surface area contributed by atoms with Crippen LogP contribution in [0.25, 0.3) is 0 Å². The zero-order chi connectivity index (χ0) is 15.7. The van der Waals surface area contributed by atoms with E-state index in [-0.39, 0.29) is 29.7 Å². The molecule has 2 aliphatic heterocycles. The zero-order valence-electron chi connectivity index (χ0n) is 14.3. The Morgan fingerprint density at radius 3 is 2.73 bits per heavy atom. The number of hydrogen-bond acceptors (Lipinski definition) is 4. The van der Waals surface area contributed by atoms with Gasteiger partial charge in [0.15, 0.2) is 0 Å². The van der Waals surface area contributed by atoms with Crippen LogP contribution in [-0.4, -0.2) is 49.3 Å². The lowest BCUT2D eigenvalue weighted by Crippen LogP contribution is -2.34. The SMILES string of the molecule is CN(C)CC1C(=O)O[C@H]2C1CC[C@@]1(C)C[C@@H]1CC[C@@]1(C)OC21. The summed E-state index contributed by atoms with van der Waals surface area (Å²) >= 11 is 0. The quantitative estimate of drug-likeness (QED) is 0.580. The highest BCUT2D eigenvalue weighted by molar-refractivity contribution is 5.75. The first kappa shape index (κ1) is 14.9. The van der Waals surface area contributed by atoms with E-state index in [0.29, 0.717) is 11.3 Å². The van der Waals surface area contributed by atoms with Gasteiger partial charge in [-0.15, -0.1) is 0 Å². The second-order valence-corrected chi connectivity index (χ2v) is 8.92. The van der Waals surface area contributed by atoms with E-state index in [1.54, 1.807) is 0 Å². The molecule has 0 bridgehead atoms. The normalized spacial score (nSPS) is 53.3. The molecule has 3 unspecified atom stereocenters. The van der Waals surface area contributed by atoms with Gasteiger partial charge in [-0.1, -0.05) is 6.92 Å². The van der Waals surface area contributed by atoms with Crippen LogP contribution in [-0.2, 0) is 14.3 Å². The van der Waals surface area contributed by atoms with E-state index in [4.69, 9.17) is 9.47 Å². The topological polar surface area (TPSA) is 42.1 Å². The number of ether oxygens (including phenoxy) is 2. The van der Waals surface area contributed by atoms with Crippen molar-refractivity contribution in [1.29, 1.82) is 0 Å². The molecule has 4 fully saturated rings. The van der Waals surface area contributed by atoms with E-state index >= 15 is 0 Å². The Balaban J connectivity index is 1.58. The third-order valence-electron chi connectivity index (χ3n) is 6.87. The molecule has 2 aliphatic carbocycles. The Morgan fingerprint density at radius 2 is 2.00 bits per heavy atom. The number of nitrogens with zero attached hydrogens (tertiary/aromatic N) is 1. The van der Waals surface area contributed by atoms with E-state index in [0.717, 1.165) is 25.3 Å². The molecule has 22 heavy (non-hydrogen) atoms. The molecule has 4 rings (SSSR count). The lowest BCUT2D eigenvalue weighted by Gasteiger charge is -2.25. The monoisotopic (exact) mass is 307 g/mol. The number of epoxide rings is 1.